The summed E-state index contributed by atoms with van der Waals surface area (Å²) in [5.74, 6) is -0.342. The molecule has 180 valence electrons. The second kappa shape index (κ2) is 13.8. The highest BCUT2D eigenvalue weighted by Crippen LogP contribution is 2.15. The van der Waals surface area contributed by atoms with E-state index in [-0.39, 0.29) is 17.5 Å². The molecule has 0 aliphatic rings. The summed E-state index contributed by atoms with van der Waals surface area (Å²) >= 11 is 5.83. The molecule has 0 radical (unpaired) electrons. The third-order valence-corrected chi connectivity index (χ3v) is 6.36. The predicted octanol–water partition coefficient (Wildman–Crippen LogP) is 2.70. The summed E-state index contributed by atoms with van der Waals surface area (Å²) < 4.78 is 38.1. The number of nitrogens with zero attached hydrogens (tertiary/aromatic N) is 1. The normalized spacial score (nSPS) is 12.1. The number of hydrogen-bond donors (Lipinski definition) is 2. The Kier molecular flexibility index (Phi) is 11.1. The number of methoxy groups -OCH3 is 1. The first-order chi connectivity index (χ1) is 15.8. The van der Waals surface area contributed by atoms with Crippen LogP contribution in [0, 0.1) is 0 Å². The van der Waals surface area contributed by atoms with E-state index in [1.54, 1.807) is 18.3 Å². The Labute approximate surface area is 198 Å². The van der Waals surface area contributed by atoms with E-state index in [2.05, 4.69) is 19.8 Å². The van der Waals surface area contributed by atoms with Gasteiger partial charge in [-0.1, -0.05) is 24.4 Å². The van der Waals surface area contributed by atoms with Crippen molar-refractivity contribution < 1.29 is 27.5 Å². The minimum Gasteiger partial charge on any atom is -0.490 e. The van der Waals surface area contributed by atoms with Crippen molar-refractivity contribution in [1.29, 1.82) is 0 Å². The highest BCUT2D eigenvalue weighted by molar-refractivity contribution is 7.89. The van der Waals surface area contributed by atoms with Crippen molar-refractivity contribution >= 4 is 33.5 Å². The topological polar surface area (TPSA) is 124 Å². The standard InChI is InChI=1S/C22H28ClN3O6S/c1-31-21(27)8-4-2-3-5-14-25-22(28)20(16-32-18-7-6-13-24-15-18)26-33(29,30)19-11-9-17(23)10-12-19/h6-7,9-13,15,20,26H,2-5,8,14,16H2,1H3,(H,25,28)/t20-/m0/s1. The van der Waals surface area contributed by atoms with E-state index in [4.69, 9.17) is 16.3 Å². The van der Waals surface area contributed by atoms with Crippen LogP contribution in [-0.2, 0) is 24.3 Å². The molecule has 0 spiro atoms. The van der Waals surface area contributed by atoms with Gasteiger partial charge in [-0.05, 0) is 49.2 Å². The maximum Gasteiger partial charge on any atom is 0.305 e. The van der Waals surface area contributed by atoms with Gasteiger partial charge in [0.2, 0.25) is 15.9 Å². The van der Waals surface area contributed by atoms with Gasteiger partial charge in [0.25, 0.3) is 0 Å². The molecule has 1 aromatic carbocycles. The lowest BCUT2D eigenvalue weighted by Gasteiger charge is -2.19. The number of hydrogen-bond acceptors (Lipinski definition) is 7. The third kappa shape index (κ3) is 9.77. The molecular weight excluding hydrogens is 470 g/mol. The number of ether oxygens (including phenoxy) is 2. The molecule has 1 atom stereocenters. The van der Waals surface area contributed by atoms with Gasteiger partial charge in [-0.2, -0.15) is 4.72 Å². The molecule has 1 heterocycles. The average Bonchev–Trinajstić information content (AvgIpc) is 2.81. The lowest BCUT2D eigenvalue weighted by molar-refractivity contribution is -0.140. The number of carbonyl (C=O) groups is 2. The van der Waals surface area contributed by atoms with Crippen molar-refractivity contribution in [2.75, 3.05) is 20.3 Å². The number of pyridine rings is 1. The zero-order valence-corrected chi connectivity index (χ0v) is 19.9. The maximum absolute atomic E-state index is 12.8. The van der Waals surface area contributed by atoms with E-state index in [1.807, 2.05) is 0 Å². The van der Waals surface area contributed by atoms with Gasteiger partial charge in [0, 0.05) is 24.2 Å². The third-order valence-electron chi connectivity index (χ3n) is 4.62. The molecule has 0 saturated heterocycles. The predicted molar refractivity (Wildman–Crippen MR) is 123 cm³/mol. The second-order valence-corrected chi connectivity index (χ2v) is 9.31. The summed E-state index contributed by atoms with van der Waals surface area (Å²) in [5, 5.41) is 3.14. The summed E-state index contributed by atoms with van der Waals surface area (Å²) in [5.41, 5.74) is 0. The zero-order chi connectivity index (χ0) is 24.1. The number of aromatic nitrogens is 1. The van der Waals surface area contributed by atoms with Crippen LogP contribution in [0.25, 0.3) is 0 Å². The van der Waals surface area contributed by atoms with Gasteiger partial charge >= 0.3 is 5.97 Å². The minimum absolute atomic E-state index is 0.0170. The molecule has 1 amide bonds. The monoisotopic (exact) mass is 497 g/mol. The van der Waals surface area contributed by atoms with Crippen molar-refractivity contribution in [1.82, 2.24) is 15.0 Å². The van der Waals surface area contributed by atoms with Crippen LogP contribution in [0.1, 0.15) is 32.1 Å². The Bertz CT molecular complexity index is 987. The number of benzene rings is 1. The van der Waals surface area contributed by atoms with Gasteiger partial charge in [0.05, 0.1) is 18.2 Å². The summed E-state index contributed by atoms with van der Waals surface area (Å²) in [4.78, 5) is 27.8. The lowest BCUT2D eigenvalue weighted by Crippen LogP contribution is -2.50. The van der Waals surface area contributed by atoms with E-state index in [9.17, 15) is 18.0 Å². The number of esters is 1. The van der Waals surface area contributed by atoms with Gasteiger partial charge < -0.3 is 14.8 Å². The van der Waals surface area contributed by atoms with E-state index < -0.39 is 22.0 Å². The van der Waals surface area contributed by atoms with Crippen LogP contribution in [0.5, 0.6) is 5.75 Å². The number of sulfonamides is 1. The highest BCUT2D eigenvalue weighted by atomic mass is 35.5. The molecule has 0 aliphatic heterocycles. The van der Waals surface area contributed by atoms with Gasteiger partial charge in [0.15, 0.2) is 0 Å². The smallest absolute Gasteiger partial charge is 0.305 e. The quantitative estimate of drug-likeness (QED) is 0.304. The molecule has 0 aliphatic carbocycles. The lowest BCUT2D eigenvalue weighted by atomic mass is 10.1. The first-order valence-corrected chi connectivity index (χ1v) is 12.3. The van der Waals surface area contributed by atoms with Crippen LogP contribution in [0.4, 0.5) is 0 Å². The molecule has 9 nitrogen and oxygen atoms in total. The Balaban J connectivity index is 1.93. The van der Waals surface area contributed by atoms with Crippen LogP contribution in [0.15, 0.2) is 53.7 Å². The van der Waals surface area contributed by atoms with Crippen molar-refractivity contribution in [2.24, 2.45) is 0 Å². The molecule has 0 bridgehead atoms. The van der Waals surface area contributed by atoms with Gasteiger partial charge in [0.1, 0.15) is 18.4 Å². The zero-order valence-electron chi connectivity index (χ0n) is 18.3. The number of rotatable bonds is 14. The maximum atomic E-state index is 12.8. The van der Waals surface area contributed by atoms with Crippen molar-refractivity contribution in [3.8, 4) is 5.75 Å². The molecule has 11 heteroatoms. The molecule has 0 unspecified atom stereocenters. The molecule has 33 heavy (non-hydrogen) atoms. The van der Waals surface area contributed by atoms with Crippen LogP contribution in [0.3, 0.4) is 0 Å². The molecule has 2 aromatic rings. The summed E-state index contributed by atoms with van der Waals surface area (Å²) in [6.07, 6.45) is 6.44. The van der Waals surface area contributed by atoms with E-state index in [0.717, 1.165) is 12.8 Å². The van der Waals surface area contributed by atoms with E-state index >= 15 is 0 Å². The van der Waals surface area contributed by atoms with Crippen LogP contribution < -0.4 is 14.8 Å². The Morgan fingerprint density at radius 1 is 1.09 bits per heavy atom. The molecular formula is C22H28ClN3O6S. The van der Waals surface area contributed by atoms with E-state index in [0.29, 0.717) is 36.6 Å². The highest BCUT2D eigenvalue weighted by Gasteiger charge is 2.26. The second-order valence-electron chi connectivity index (χ2n) is 7.16. The fraction of sp³-hybridized carbons (Fsp3) is 0.409. The number of halogens is 1. The van der Waals surface area contributed by atoms with Crippen LogP contribution in [-0.4, -0.2) is 51.6 Å². The fourth-order valence-corrected chi connectivity index (χ4v) is 4.14. The van der Waals surface area contributed by atoms with Crippen LogP contribution >= 0.6 is 11.6 Å². The molecule has 2 N–H and O–H groups in total. The van der Waals surface area contributed by atoms with Gasteiger partial charge in [-0.15, -0.1) is 0 Å². The van der Waals surface area contributed by atoms with Gasteiger partial charge in [-0.25, -0.2) is 8.42 Å². The minimum atomic E-state index is -3.99. The number of amides is 1. The summed E-state index contributed by atoms with van der Waals surface area (Å²) in [7, 11) is -2.63. The molecule has 1 aromatic heterocycles. The largest absolute Gasteiger partial charge is 0.490 e. The number of unbranched alkanes of at least 4 members (excludes halogenated alkanes) is 3. The first-order valence-electron chi connectivity index (χ1n) is 10.5. The fourth-order valence-electron chi connectivity index (χ4n) is 2.83. The SMILES string of the molecule is COC(=O)CCCCCCNC(=O)[C@H](COc1cccnc1)NS(=O)(=O)c1ccc(Cl)cc1. The van der Waals surface area contributed by atoms with Crippen LogP contribution in [0.2, 0.25) is 5.02 Å². The van der Waals surface area contributed by atoms with Gasteiger partial charge in [-0.3, -0.25) is 14.6 Å². The number of nitrogens with one attached hydrogen (secondary N) is 2. The van der Waals surface area contributed by atoms with Crippen molar-refractivity contribution in [3.63, 3.8) is 0 Å². The van der Waals surface area contributed by atoms with Crippen molar-refractivity contribution in [3.05, 3.63) is 53.8 Å². The molecule has 2 rings (SSSR count). The van der Waals surface area contributed by atoms with E-state index in [1.165, 1.54) is 37.6 Å². The average molecular weight is 498 g/mol. The summed E-state index contributed by atoms with van der Waals surface area (Å²) in [6.45, 7) is 0.145. The Morgan fingerprint density at radius 2 is 1.82 bits per heavy atom. The Morgan fingerprint density at radius 3 is 2.48 bits per heavy atom. The first kappa shape index (κ1) is 26.6. The molecule has 0 fully saturated rings. The van der Waals surface area contributed by atoms with Crippen molar-refractivity contribution in [2.45, 2.75) is 43.0 Å². The molecule has 0 saturated carbocycles. The summed E-state index contributed by atoms with van der Waals surface area (Å²) in [6, 6.07) is 7.79. The number of carbonyl (C=O) groups excluding carboxylic acids is 2. The Hall–Kier alpha value is -2.69.